The van der Waals surface area contributed by atoms with Crippen molar-refractivity contribution in [2.24, 2.45) is 17.4 Å². The van der Waals surface area contributed by atoms with Crippen molar-refractivity contribution in [3.63, 3.8) is 0 Å². The lowest BCUT2D eigenvalue weighted by molar-refractivity contribution is -0.119. The molecule has 31 heavy (non-hydrogen) atoms. The van der Waals surface area contributed by atoms with Gasteiger partial charge in [-0.3, -0.25) is 14.6 Å². The van der Waals surface area contributed by atoms with E-state index >= 15 is 0 Å². The van der Waals surface area contributed by atoms with Crippen LogP contribution in [-0.2, 0) is 4.79 Å². The summed E-state index contributed by atoms with van der Waals surface area (Å²) in [6.07, 6.45) is 2.11. The van der Waals surface area contributed by atoms with Crippen molar-refractivity contribution in [2.75, 3.05) is 17.3 Å². The van der Waals surface area contributed by atoms with E-state index in [4.69, 9.17) is 11.5 Å². The van der Waals surface area contributed by atoms with Crippen LogP contribution in [0.1, 0.15) is 30.6 Å². The molecular formula is C22H25FN6O2. The van der Waals surface area contributed by atoms with Crippen LogP contribution in [0.3, 0.4) is 0 Å². The van der Waals surface area contributed by atoms with Crippen molar-refractivity contribution in [3.8, 4) is 0 Å². The predicted molar refractivity (Wildman–Crippen MR) is 119 cm³/mol. The van der Waals surface area contributed by atoms with Crippen molar-refractivity contribution in [1.82, 2.24) is 9.97 Å². The van der Waals surface area contributed by atoms with Crippen molar-refractivity contribution < 1.29 is 14.0 Å². The zero-order valence-corrected chi connectivity index (χ0v) is 17.6. The van der Waals surface area contributed by atoms with Gasteiger partial charge in [0.15, 0.2) is 11.6 Å². The fourth-order valence-electron chi connectivity index (χ4n) is 3.36. The lowest BCUT2D eigenvalue weighted by Gasteiger charge is -2.28. The van der Waals surface area contributed by atoms with Gasteiger partial charge in [0.1, 0.15) is 11.9 Å². The second-order valence-corrected chi connectivity index (χ2v) is 7.75. The second kappa shape index (κ2) is 8.95. The van der Waals surface area contributed by atoms with Gasteiger partial charge in [-0.1, -0.05) is 19.9 Å². The predicted octanol–water partition coefficient (Wildman–Crippen LogP) is 2.95. The maximum atomic E-state index is 14.8. The Morgan fingerprint density at radius 3 is 2.58 bits per heavy atom. The number of nitrogens with two attached hydrogens (primary N) is 2. The average Bonchev–Trinajstić information content (AvgIpc) is 2.72. The van der Waals surface area contributed by atoms with Crippen LogP contribution in [0.2, 0.25) is 0 Å². The Hall–Kier alpha value is -3.75. The minimum absolute atomic E-state index is 0.0757. The molecule has 0 bridgehead atoms. The molecule has 1 atom stereocenters. The number of fused-ring (bicyclic) bond motifs is 1. The molecule has 3 rings (SSSR count). The Morgan fingerprint density at radius 2 is 1.94 bits per heavy atom. The van der Waals surface area contributed by atoms with E-state index in [2.05, 4.69) is 15.3 Å². The summed E-state index contributed by atoms with van der Waals surface area (Å²) in [5.74, 6) is -2.09. The molecule has 0 radical (unpaired) electrons. The number of hydrogen-bond donors (Lipinski definition) is 3. The molecule has 1 aromatic carbocycles. The van der Waals surface area contributed by atoms with E-state index in [1.54, 1.807) is 19.3 Å². The summed E-state index contributed by atoms with van der Waals surface area (Å²) in [5, 5.41) is 3.90. The Morgan fingerprint density at radius 1 is 1.19 bits per heavy atom. The Balaban J connectivity index is 2.04. The maximum Gasteiger partial charge on any atom is 0.252 e. The first-order valence-electron chi connectivity index (χ1n) is 9.81. The van der Waals surface area contributed by atoms with E-state index < -0.39 is 23.7 Å². The number of nitrogens with zero attached hydrogens (tertiary/aromatic N) is 3. The number of amides is 2. The lowest BCUT2D eigenvalue weighted by Crippen LogP contribution is -2.44. The quantitative estimate of drug-likeness (QED) is 0.510. The number of anilines is 3. The fourth-order valence-corrected chi connectivity index (χ4v) is 3.36. The molecule has 0 saturated heterocycles. The first-order chi connectivity index (χ1) is 14.7. The van der Waals surface area contributed by atoms with Crippen LogP contribution in [-0.4, -0.2) is 34.9 Å². The van der Waals surface area contributed by atoms with E-state index in [9.17, 15) is 14.0 Å². The maximum absolute atomic E-state index is 14.8. The minimum Gasteiger partial charge on any atom is -0.368 e. The Bertz CT molecular complexity index is 1130. The summed E-state index contributed by atoms with van der Waals surface area (Å²) in [6, 6.07) is 9.35. The molecule has 2 heterocycles. The summed E-state index contributed by atoms with van der Waals surface area (Å²) in [6.45, 7) is 3.87. The molecule has 0 saturated carbocycles. The number of halogens is 1. The molecule has 3 aromatic rings. The van der Waals surface area contributed by atoms with Crippen LogP contribution in [0.5, 0.6) is 0 Å². The molecule has 9 heteroatoms. The molecule has 8 nitrogen and oxygen atoms in total. The topological polar surface area (TPSA) is 127 Å². The molecule has 0 fully saturated rings. The van der Waals surface area contributed by atoms with Crippen molar-refractivity contribution in [1.29, 1.82) is 0 Å². The summed E-state index contributed by atoms with van der Waals surface area (Å²) < 4.78 is 14.8. The average molecular weight is 424 g/mol. The second-order valence-electron chi connectivity index (χ2n) is 7.75. The highest BCUT2D eigenvalue weighted by molar-refractivity contribution is 5.99. The summed E-state index contributed by atoms with van der Waals surface area (Å²) in [4.78, 5) is 33.8. The molecule has 0 spiro atoms. The third-order valence-electron chi connectivity index (χ3n) is 4.91. The van der Waals surface area contributed by atoms with Gasteiger partial charge in [-0.15, -0.1) is 0 Å². The van der Waals surface area contributed by atoms with E-state index in [1.165, 1.54) is 4.90 Å². The van der Waals surface area contributed by atoms with Gasteiger partial charge >= 0.3 is 0 Å². The van der Waals surface area contributed by atoms with E-state index in [0.29, 0.717) is 12.1 Å². The van der Waals surface area contributed by atoms with Gasteiger partial charge in [-0.25, -0.2) is 9.37 Å². The Kier molecular flexibility index (Phi) is 6.33. The summed E-state index contributed by atoms with van der Waals surface area (Å²) in [7, 11) is 1.54. The molecule has 2 aromatic heterocycles. The minimum atomic E-state index is -0.834. The van der Waals surface area contributed by atoms with E-state index in [0.717, 1.165) is 17.0 Å². The Labute approximate surface area is 179 Å². The van der Waals surface area contributed by atoms with Crippen LogP contribution in [0, 0.1) is 11.7 Å². The summed E-state index contributed by atoms with van der Waals surface area (Å²) >= 11 is 0. The number of aromatic nitrogens is 2. The van der Waals surface area contributed by atoms with Gasteiger partial charge in [0.05, 0.1) is 11.1 Å². The molecule has 1 unspecified atom stereocenters. The molecule has 162 valence electrons. The third-order valence-corrected chi connectivity index (χ3v) is 4.91. The molecule has 5 N–H and O–H groups in total. The number of likely N-dealkylation sites (N-methyl/N-ethyl adjacent to an activating group) is 1. The zero-order chi connectivity index (χ0) is 22.7. The number of nitrogens with one attached hydrogen (secondary N) is 1. The van der Waals surface area contributed by atoms with Gasteiger partial charge in [0.2, 0.25) is 5.91 Å². The number of primary amides is 2. The first-order valence-corrected chi connectivity index (χ1v) is 9.81. The standard InChI is InChI=1S/C22H25FN6O2/c1-12(2)9-18(20(25)31)29(3)22-16(23)11-15(19(24)30)21(28-22)27-14-6-7-17-13(10-14)5-4-8-26-17/h4-8,10-12,18H,9H2,1-3H3,(H2,24,30)(H2,25,31)(H,27,28). The molecule has 2 amide bonds. The van der Waals surface area contributed by atoms with Crippen molar-refractivity contribution >= 4 is 40.0 Å². The number of pyridine rings is 2. The first kappa shape index (κ1) is 21.9. The number of benzene rings is 1. The normalized spacial score (nSPS) is 12.0. The van der Waals surface area contributed by atoms with E-state index in [-0.39, 0.29) is 23.1 Å². The van der Waals surface area contributed by atoms with Gasteiger partial charge < -0.3 is 21.7 Å². The van der Waals surface area contributed by atoms with Crippen LogP contribution < -0.4 is 21.7 Å². The highest BCUT2D eigenvalue weighted by atomic mass is 19.1. The molecule has 0 aliphatic rings. The molecule has 0 aliphatic heterocycles. The van der Waals surface area contributed by atoms with E-state index in [1.807, 2.05) is 38.1 Å². The monoisotopic (exact) mass is 424 g/mol. The van der Waals surface area contributed by atoms with Crippen LogP contribution in [0.25, 0.3) is 10.9 Å². The van der Waals surface area contributed by atoms with Gasteiger partial charge in [-0.2, -0.15) is 0 Å². The number of rotatable bonds is 8. The smallest absolute Gasteiger partial charge is 0.252 e. The molecule has 0 aliphatic carbocycles. The van der Waals surface area contributed by atoms with Gasteiger partial charge in [0, 0.05) is 24.3 Å². The highest BCUT2D eigenvalue weighted by Gasteiger charge is 2.27. The van der Waals surface area contributed by atoms with Crippen LogP contribution in [0.4, 0.5) is 21.7 Å². The zero-order valence-electron chi connectivity index (χ0n) is 17.6. The SMILES string of the molecule is CC(C)CC(C(N)=O)N(C)c1nc(Nc2ccc3ncccc3c2)c(C(N)=O)cc1F. The van der Waals surface area contributed by atoms with Crippen LogP contribution in [0.15, 0.2) is 42.6 Å². The largest absolute Gasteiger partial charge is 0.368 e. The summed E-state index contributed by atoms with van der Waals surface area (Å²) in [5.41, 5.74) is 12.3. The fraction of sp³-hybridized carbons (Fsp3) is 0.273. The third kappa shape index (κ3) is 4.88. The van der Waals surface area contributed by atoms with Crippen molar-refractivity contribution in [2.45, 2.75) is 26.3 Å². The number of carbonyl (C=O) groups is 2. The molecular weight excluding hydrogens is 399 g/mol. The van der Waals surface area contributed by atoms with Gasteiger partial charge in [-0.05, 0) is 42.7 Å². The number of carbonyl (C=O) groups excluding carboxylic acids is 2. The highest BCUT2D eigenvalue weighted by Crippen LogP contribution is 2.28. The lowest BCUT2D eigenvalue weighted by atomic mass is 10.0. The van der Waals surface area contributed by atoms with Gasteiger partial charge in [0.25, 0.3) is 5.91 Å². The van der Waals surface area contributed by atoms with Crippen LogP contribution >= 0.6 is 0 Å². The number of hydrogen-bond acceptors (Lipinski definition) is 6. The van der Waals surface area contributed by atoms with Crippen molar-refractivity contribution in [3.05, 3.63) is 54.0 Å².